The Balaban J connectivity index is 2.00. The Morgan fingerprint density at radius 2 is 1.81 bits per heavy atom. The van der Waals surface area contributed by atoms with Crippen molar-refractivity contribution >= 4 is 10.9 Å². The summed E-state index contributed by atoms with van der Waals surface area (Å²) in [5.74, 6) is 0.396. The molecule has 0 fully saturated rings. The van der Waals surface area contributed by atoms with Crippen molar-refractivity contribution in [2.24, 2.45) is 0 Å². The highest BCUT2D eigenvalue weighted by molar-refractivity contribution is 5.93. The SMILES string of the molecule is Fc1ccc(-c2nn(-c3ncc[nH]3)c3ccccc23)cc1. The average molecular weight is 278 g/mol. The fourth-order valence-electron chi connectivity index (χ4n) is 2.42. The van der Waals surface area contributed by atoms with Crippen LogP contribution in [0.3, 0.4) is 0 Å². The van der Waals surface area contributed by atoms with Gasteiger partial charge in [0.15, 0.2) is 0 Å². The van der Waals surface area contributed by atoms with Gasteiger partial charge in [0.2, 0.25) is 5.95 Å². The van der Waals surface area contributed by atoms with Crippen LogP contribution in [0.2, 0.25) is 0 Å². The molecular weight excluding hydrogens is 267 g/mol. The summed E-state index contributed by atoms with van der Waals surface area (Å²) in [6.07, 6.45) is 3.44. The van der Waals surface area contributed by atoms with Crippen LogP contribution in [-0.2, 0) is 0 Å². The molecule has 0 aliphatic heterocycles. The van der Waals surface area contributed by atoms with Crippen LogP contribution in [0.1, 0.15) is 0 Å². The Kier molecular flexibility index (Phi) is 2.57. The molecule has 0 spiro atoms. The van der Waals surface area contributed by atoms with Crippen LogP contribution in [0.15, 0.2) is 60.9 Å². The predicted molar refractivity (Wildman–Crippen MR) is 78.6 cm³/mol. The molecule has 0 unspecified atom stereocenters. The maximum atomic E-state index is 13.1. The lowest BCUT2D eigenvalue weighted by atomic mass is 10.1. The molecule has 0 aliphatic carbocycles. The van der Waals surface area contributed by atoms with Gasteiger partial charge in [-0.3, -0.25) is 0 Å². The second-order valence-corrected chi connectivity index (χ2v) is 4.70. The number of nitrogens with one attached hydrogen (secondary N) is 1. The molecule has 0 radical (unpaired) electrons. The van der Waals surface area contributed by atoms with Gasteiger partial charge < -0.3 is 4.98 Å². The second kappa shape index (κ2) is 4.56. The van der Waals surface area contributed by atoms with Crippen LogP contribution in [0.5, 0.6) is 0 Å². The Morgan fingerprint density at radius 3 is 2.57 bits per heavy atom. The summed E-state index contributed by atoms with van der Waals surface area (Å²) in [5, 5.41) is 5.63. The topological polar surface area (TPSA) is 46.5 Å². The van der Waals surface area contributed by atoms with Gasteiger partial charge in [-0.15, -0.1) is 0 Å². The molecule has 0 amide bonds. The fraction of sp³-hybridized carbons (Fsp3) is 0. The van der Waals surface area contributed by atoms with E-state index in [0.717, 1.165) is 22.2 Å². The van der Waals surface area contributed by atoms with Crippen molar-refractivity contribution in [1.29, 1.82) is 0 Å². The summed E-state index contributed by atoms with van der Waals surface area (Å²) in [4.78, 5) is 7.29. The number of benzene rings is 2. The Hall–Kier alpha value is -2.95. The van der Waals surface area contributed by atoms with E-state index in [1.807, 2.05) is 24.3 Å². The zero-order valence-electron chi connectivity index (χ0n) is 11.0. The molecule has 0 atom stereocenters. The van der Waals surface area contributed by atoms with Gasteiger partial charge in [-0.25, -0.2) is 9.37 Å². The van der Waals surface area contributed by atoms with Crippen molar-refractivity contribution in [2.45, 2.75) is 0 Å². The van der Waals surface area contributed by atoms with Crippen molar-refractivity contribution in [3.63, 3.8) is 0 Å². The van der Waals surface area contributed by atoms with Gasteiger partial charge >= 0.3 is 0 Å². The number of aromatic amines is 1. The number of hydrogen-bond donors (Lipinski definition) is 1. The van der Waals surface area contributed by atoms with Gasteiger partial charge in [0, 0.05) is 23.3 Å². The average Bonchev–Trinajstić information content (AvgIpc) is 3.15. The van der Waals surface area contributed by atoms with Crippen LogP contribution in [0, 0.1) is 5.82 Å². The van der Waals surface area contributed by atoms with E-state index in [9.17, 15) is 4.39 Å². The Morgan fingerprint density at radius 1 is 1.00 bits per heavy atom. The van der Waals surface area contributed by atoms with Gasteiger partial charge in [-0.1, -0.05) is 18.2 Å². The van der Waals surface area contributed by atoms with Gasteiger partial charge in [-0.2, -0.15) is 9.78 Å². The quantitative estimate of drug-likeness (QED) is 0.609. The van der Waals surface area contributed by atoms with Gasteiger partial charge in [0.25, 0.3) is 0 Å². The third-order valence-corrected chi connectivity index (χ3v) is 3.39. The molecule has 5 heteroatoms. The summed E-state index contributed by atoms with van der Waals surface area (Å²) in [7, 11) is 0. The van der Waals surface area contributed by atoms with Crippen molar-refractivity contribution in [3.05, 3.63) is 66.7 Å². The smallest absolute Gasteiger partial charge is 0.228 e. The minimum absolute atomic E-state index is 0.256. The fourth-order valence-corrected chi connectivity index (χ4v) is 2.42. The molecular formula is C16H11FN4. The van der Waals surface area contributed by atoms with Crippen molar-refractivity contribution in [2.75, 3.05) is 0 Å². The molecule has 4 aromatic rings. The van der Waals surface area contributed by atoms with E-state index in [2.05, 4.69) is 15.1 Å². The predicted octanol–water partition coefficient (Wildman–Crippen LogP) is 3.55. The largest absolute Gasteiger partial charge is 0.329 e. The lowest BCUT2D eigenvalue weighted by Crippen LogP contribution is -1.98. The molecule has 4 nitrogen and oxygen atoms in total. The van der Waals surface area contributed by atoms with E-state index in [0.29, 0.717) is 5.95 Å². The number of hydrogen-bond acceptors (Lipinski definition) is 2. The first kappa shape index (κ1) is 11.8. The maximum absolute atomic E-state index is 13.1. The lowest BCUT2D eigenvalue weighted by Gasteiger charge is -1.97. The summed E-state index contributed by atoms with van der Waals surface area (Å²) >= 11 is 0. The first-order chi connectivity index (χ1) is 10.3. The molecule has 0 bridgehead atoms. The zero-order valence-corrected chi connectivity index (χ0v) is 11.0. The molecule has 4 rings (SSSR count). The number of aromatic nitrogens is 4. The molecule has 0 saturated heterocycles. The molecule has 2 aromatic carbocycles. The third-order valence-electron chi connectivity index (χ3n) is 3.39. The lowest BCUT2D eigenvalue weighted by molar-refractivity contribution is 0.628. The van der Waals surface area contributed by atoms with Gasteiger partial charge in [0.05, 0.1) is 5.52 Å². The van der Waals surface area contributed by atoms with Crippen LogP contribution < -0.4 is 0 Å². The van der Waals surface area contributed by atoms with E-state index in [-0.39, 0.29) is 5.82 Å². The van der Waals surface area contributed by atoms with E-state index in [1.54, 1.807) is 29.2 Å². The van der Waals surface area contributed by atoms with Crippen LogP contribution >= 0.6 is 0 Å². The first-order valence-corrected chi connectivity index (χ1v) is 6.56. The van der Waals surface area contributed by atoms with Crippen molar-refractivity contribution < 1.29 is 4.39 Å². The van der Waals surface area contributed by atoms with Crippen molar-refractivity contribution in [3.8, 4) is 17.2 Å². The summed E-state index contributed by atoms with van der Waals surface area (Å²) in [6.45, 7) is 0. The van der Waals surface area contributed by atoms with Crippen LogP contribution in [0.25, 0.3) is 28.1 Å². The second-order valence-electron chi connectivity index (χ2n) is 4.70. The standard InChI is InChI=1S/C16H11FN4/c17-12-7-5-11(6-8-12)15-13-3-1-2-4-14(13)21(20-15)16-18-9-10-19-16/h1-10H,(H,18,19). The third kappa shape index (κ3) is 1.90. The first-order valence-electron chi connectivity index (χ1n) is 6.56. The minimum Gasteiger partial charge on any atom is -0.329 e. The highest BCUT2D eigenvalue weighted by atomic mass is 19.1. The van der Waals surface area contributed by atoms with Crippen molar-refractivity contribution in [1.82, 2.24) is 19.7 Å². The Labute approximate surface area is 119 Å². The maximum Gasteiger partial charge on any atom is 0.228 e. The minimum atomic E-state index is -0.256. The zero-order chi connectivity index (χ0) is 14.2. The molecule has 21 heavy (non-hydrogen) atoms. The van der Waals surface area contributed by atoms with E-state index >= 15 is 0 Å². The van der Waals surface area contributed by atoms with E-state index in [1.165, 1.54) is 12.1 Å². The monoisotopic (exact) mass is 278 g/mol. The number of imidazole rings is 1. The molecule has 2 heterocycles. The number of nitrogens with zero attached hydrogens (tertiary/aromatic N) is 3. The van der Waals surface area contributed by atoms with Crippen LogP contribution in [0.4, 0.5) is 4.39 Å². The highest BCUT2D eigenvalue weighted by Gasteiger charge is 2.14. The summed E-state index contributed by atoms with van der Waals surface area (Å²) in [5.41, 5.74) is 2.63. The number of para-hydroxylation sites is 1. The summed E-state index contributed by atoms with van der Waals surface area (Å²) < 4.78 is 14.9. The number of fused-ring (bicyclic) bond motifs is 1. The molecule has 0 aliphatic rings. The number of H-pyrrole nitrogens is 1. The van der Waals surface area contributed by atoms with Gasteiger partial charge in [0.1, 0.15) is 11.5 Å². The van der Waals surface area contributed by atoms with E-state index < -0.39 is 0 Å². The van der Waals surface area contributed by atoms with Gasteiger partial charge in [-0.05, 0) is 30.3 Å². The highest BCUT2D eigenvalue weighted by Crippen LogP contribution is 2.29. The van der Waals surface area contributed by atoms with E-state index in [4.69, 9.17) is 0 Å². The summed E-state index contributed by atoms with van der Waals surface area (Å²) in [6, 6.07) is 14.2. The number of halogens is 1. The number of rotatable bonds is 2. The molecule has 0 saturated carbocycles. The van der Waals surface area contributed by atoms with Crippen LogP contribution in [-0.4, -0.2) is 19.7 Å². The molecule has 102 valence electrons. The Bertz CT molecular complexity index is 892. The normalized spacial score (nSPS) is 11.1. The molecule has 1 N–H and O–H groups in total. The molecule has 2 aromatic heterocycles.